The van der Waals surface area contributed by atoms with Crippen LogP contribution in [0.15, 0.2) is 24.3 Å². The predicted molar refractivity (Wildman–Crippen MR) is 116 cm³/mol. The third-order valence-electron chi connectivity index (χ3n) is 7.22. The molecule has 0 spiro atoms. The van der Waals surface area contributed by atoms with Crippen LogP contribution in [0.2, 0.25) is 0 Å². The highest BCUT2D eigenvalue weighted by Crippen LogP contribution is 2.28. The Bertz CT molecular complexity index is 668. The largest absolute Gasteiger partial charge is 0.371 e. The van der Waals surface area contributed by atoms with E-state index in [1.165, 1.54) is 51.7 Å². The minimum absolute atomic E-state index is 0.182. The summed E-state index contributed by atoms with van der Waals surface area (Å²) < 4.78 is 0. The zero-order valence-electron chi connectivity index (χ0n) is 17.6. The maximum absolute atomic E-state index is 13.0. The maximum atomic E-state index is 13.0. The number of amides is 1. The number of hydrogen-bond donors (Lipinski definition) is 0. The number of likely N-dealkylation sites (tertiary alicyclic amines) is 2. The lowest BCUT2D eigenvalue weighted by Crippen LogP contribution is -2.45. The van der Waals surface area contributed by atoms with Gasteiger partial charge < -0.3 is 14.7 Å². The number of benzene rings is 1. The minimum atomic E-state index is 0.182. The topological polar surface area (TPSA) is 43.9 Å². The van der Waals surface area contributed by atoms with E-state index in [2.05, 4.69) is 14.7 Å². The van der Waals surface area contributed by atoms with E-state index >= 15 is 0 Å². The van der Waals surface area contributed by atoms with Gasteiger partial charge in [0.2, 0.25) is 5.91 Å². The number of aldehydes is 1. The van der Waals surface area contributed by atoms with Crippen molar-refractivity contribution in [3.05, 3.63) is 29.8 Å². The van der Waals surface area contributed by atoms with Crippen LogP contribution in [0, 0.1) is 11.8 Å². The highest BCUT2D eigenvalue weighted by molar-refractivity contribution is 5.79. The SMILES string of the molecule is O=Cc1ccc(N2CCC(C(=O)N3CCC(CCN4CCCC4)CC3)CC2)cc1. The third-order valence-corrected chi connectivity index (χ3v) is 7.22. The van der Waals surface area contributed by atoms with Gasteiger partial charge in [0.25, 0.3) is 0 Å². The van der Waals surface area contributed by atoms with Crippen LogP contribution in [-0.2, 0) is 4.79 Å². The van der Waals surface area contributed by atoms with Crippen molar-refractivity contribution < 1.29 is 9.59 Å². The van der Waals surface area contributed by atoms with Crippen molar-refractivity contribution in [1.82, 2.24) is 9.80 Å². The van der Waals surface area contributed by atoms with Crippen molar-refractivity contribution in [2.45, 2.75) is 44.9 Å². The molecule has 3 aliphatic heterocycles. The zero-order chi connectivity index (χ0) is 20.1. The molecule has 3 aliphatic rings. The highest BCUT2D eigenvalue weighted by Gasteiger charge is 2.31. The van der Waals surface area contributed by atoms with Gasteiger partial charge >= 0.3 is 0 Å². The number of rotatable bonds is 6. The lowest BCUT2D eigenvalue weighted by atomic mass is 9.90. The van der Waals surface area contributed by atoms with Crippen LogP contribution in [0.25, 0.3) is 0 Å². The van der Waals surface area contributed by atoms with Crippen molar-refractivity contribution in [3.63, 3.8) is 0 Å². The van der Waals surface area contributed by atoms with E-state index in [4.69, 9.17) is 0 Å². The van der Waals surface area contributed by atoms with Crippen LogP contribution in [0.3, 0.4) is 0 Å². The molecule has 1 aromatic rings. The van der Waals surface area contributed by atoms with Gasteiger partial charge in [0.1, 0.15) is 6.29 Å². The van der Waals surface area contributed by atoms with Crippen molar-refractivity contribution in [1.29, 1.82) is 0 Å². The van der Waals surface area contributed by atoms with Crippen molar-refractivity contribution >= 4 is 17.9 Å². The average molecular weight is 398 g/mol. The molecule has 0 bridgehead atoms. The molecule has 0 N–H and O–H groups in total. The molecule has 0 atom stereocenters. The number of hydrogen-bond acceptors (Lipinski definition) is 4. The molecule has 1 aromatic carbocycles. The van der Waals surface area contributed by atoms with Crippen LogP contribution in [-0.4, -0.2) is 67.8 Å². The summed E-state index contributed by atoms with van der Waals surface area (Å²) in [6.07, 6.45) is 9.16. The summed E-state index contributed by atoms with van der Waals surface area (Å²) in [5, 5.41) is 0. The first-order chi connectivity index (χ1) is 14.2. The van der Waals surface area contributed by atoms with Crippen molar-refractivity contribution in [2.75, 3.05) is 50.7 Å². The molecular formula is C24H35N3O2. The molecule has 158 valence electrons. The summed E-state index contributed by atoms with van der Waals surface area (Å²) in [6.45, 7) is 7.58. The predicted octanol–water partition coefficient (Wildman–Crippen LogP) is 3.44. The molecule has 29 heavy (non-hydrogen) atoms. The van der Waals surface area contributed by atoms with E-state index in [9.17, 15) is 9.59 Å². The number of anilines is 1. The van der Waals surface area contributed by atoms with Gasteiger partial charge in [-0.3, -0.25) is 9.59 Å². The molecule has 5 heteroatoms. The lowest BCUT2D eigenvalue weighted by Gasteiger charge is -2.38. The van der Waals surface area contributed by atoms with E-state index in [0.29, 0.717) is 11.5 Å². The second-order valence-corrected chi connectivity index (χ2v) is 9.08. The zero-order valence-corrected chi connectivity index (χ0v) is 17.6. The molecular weight excluding hydrogens is 362 g/mol. The molecule has 3 saturated heterocycles. The van der Waals surface area contributed by atoms with Crippen LogP contribution in [0.1, 0.15) is 55.3 Å². The Balaban J connectivity index is 1.19. The minimum Gasteiger partial charge on any atom is -0.371 e. The second kappa shape index (κ2) is 9.75. The first kappa shape index (κ1) is 20.4. The second-order valence-electron chi connectivity index (χ2n) is 9.08. The molecule has 3 heterocycles. The molecule has 5 nitrogen and oxygen atoms in total. The van der Waals surface area contributed by atoms with Gasteiger partial charge in [-0.2, -0.15) is 0 Å². The summed E-state index contributed by atoms with van der Waals surface area (Å²) in [5.74, 6) is 1.37. The van der Waals surface area contributed by atoms with E-state index < -0.39 is 0 Å². The maximum Gasteiger partial charge on any atom is 0.225 e. The smallest absolute Gasteiger partial charge is 0.225 e. The van der Waals surface area contributed by atoms with Gasteiger partial charge in [0.05, 0.1) is 0 Å². The van der Waals surface area contributed by atoms with Gasteiger partial charge in [-0.05, 0) is 94.8 Å². The van der Waals surface area contributed by atoms with Crippen LogP contribution >= 0.6 is 0 Å². The molecule has 0 unspecified atom stereocenters. The summed E-state index contributed by atoms with van der Waals surface area (Å²) in [4.78, 5) is 30.9. The number of carbonyl (C=O) groups excluding carboxylic acids is 2. The third kappa shape index (κ3) is 5.19. The van der Waals surface area contributed by atoms with E-state index in [0.717, 1.165) is 56.9 Å². The Kier molecular flexibility index (Phi) is 6.86. The Morgan fingerprint density at radius 1 is 0.897 bits per heavy atom. The molecule has 4 rings (SSSR count). The van der Waals surface area contributed by atoms with Gasteiger partial charge in [-0.1, -0.05) is 0 Å². The quantitative estimate of drug-likeness (QED) is 0.690. The fraction of sp³-hybridized carbons (Fsp3) is 0.667. The lowest BCUT2D eigenvalue weighted by molar-refractivity contribution is -0.137. The Morgan fingerprint density at radius 3 is 2.17 bits per heavy atom. The fourth-order valence-corrected chi connectivity index (χ4v) is 5.22. The molecule has 3 fully saturated rings. The monoisotopic (exact) mass is 397 g/mol. The van der Waals surface area contributed by atoms with Crippen LogP contribution in [0.5, 0.6) is 0 Å². The normalized spacial score (nSPS) is 22.2. The van der Waals surface area contributed by atoms with Crippen molar-refractivity contribution in [2.24, 2.45) is 11.8 Å². The van der Waals surface area contributed by atoms with Crippen molar-refractivity contribution in [3.8, 4) is 0 Å². The first-order valence-corrected chi connectivity index (χ1v) is 11.5. The summed E-state index contributed by atoms with van der Waals surface area (Å²) >= 11 is 0. The summed E-state index contributed by atoms with van der Waals surface area (Å²) in [6, 6.07) is 7.76. The molecule has 0 radical (unpaired) electrons. The highest BCUT2D eigenvalue weighted by atomic mass is 16.2. The van der Waals surface area contributed by atoms with Gasteiger partial charge in [-0.15, -0.1) is 0 Å². The van der Waals surface area contributed by atoms with E-state index in [1.54, 1.807) is 0 Å². The number of carbonyl (C=O) groups is 2. The Morgan fingerprint density at radius 2 is 1.55 bits per heavy atom. The summed E-state index contributed by atoms with van der Waals surface area (Å²) in [7, 11) is 0. The molecule has 0 aromatic heterocycles. The fourth-order valence-electron chi connectivity index (χ4n) is 5.22. The van der Waals surface area contributed by atoms with Gasteiger partial charge in [-0.25, -0.2) is 0 Å². The first-order valence-electron chi connectivity index (χ1n) is 11.5. The molecule has 0 aliphatic carbocycles. The van der Waals surface area contributed by atoms with E-state index in [-0.39, 0.29) is 5.92 Å². The van der Waals surface area contributed by atoms with Crippen LogP contribution < -0.4 is 4.90 Å². The molecule has 0 saturated carbocycles. The Hall–Kier alpha value is -1.88. The standard InChI is InChI=1S/C24H35N3O2/c28-19-21-3-5-23(6-4-21)26-17-10-22(11-18-26)24(29)27-15-8-20(9-16-27)7-14-25-12-1-2-13-25/h3-6,19-20,22H,1-2,7-18H2. The van der Waals surface area contributed by atoms with Gasteiger partial charge in [0.15, 0.2) is 0 Å². The number of nitrogens with zero attached hydrogens (tertiary/aromatic N) is 3. The van der Waals surface area contributed by atoms with Gasteiger partial charge in [0, 0.05) is 43.3 Å². The average Bonchev–Trinajstić information content (AvgIpc) is 3.31. The molecule has 1 amide bonds. The van der Waals surface area contributed by atoms with E-state index in [1.807, 2.05) is 24.3 Å². The Labute approximate surface area is 175 Å². The summed E-state index contributed by atoms with van der Waals surface area (Å²) in [5.41, 5.74) is 1.86. The number of piperidine rings is 2. The van der Waals surface area contributed by atoms with Crippen LogP contribution in [0.4, 0.5) is 5.69 Å².